The topological polar surface area (TPSA) is 0 Å². The monoisotopic (exact) mass is 114 g/mol. The van der Waals surface area contributed by atoms with E-state index in [9.17, 15) is 13.2 Å². The molecule has 0 aliphatic heterocycles. The first kappa shape index (κ1) is 9.56. The number of rotatable bonds is 0. The molecule has 0 aliphatic carbocycles. The normalized spacial score (nSPS) is 6.29. The van der Waals surface area contributed by atoms with Crippen molar-refractivity contribution in [1.29, 1.82) is 0 Å². The van der Waals surface area contributed by atoms with E-state index in [1.165, 1.54) is 0 Å². The summed E-state index contributed by atoms with van der Waals surface area (Å²) in [5.41, 5.74) is 0. The van der Waals surface area contributed by atoms with Crippen molar-refractivity contribution in [3.05, 3.63) is 0 Å². The predicted molar refractivity (Wildman–Crippen MR) is 17.4 cm³/mol. The molecule has 0 spiro atoms. The Hall–Kier alpha value is -0.720. The maximum absolute atomic E-state index is 10.6. The lowest BCUT2D eigenvalue weighted by Gasteiger charge is -1.71. The Balaban J connectivity index is 0. The number of alkyl halides is 2. The highest BCUT2D eigenvalue weighted by atomic mass is 19.3. The van der Waals surface area contributed by atoms with Gasteiger partial charge in [-0.25, -0.2) is 0 Å². The van der Waals surface area contributed by atoms with E-state index in [0.717, 1.165) is 5.92 Å². The maximum Gasteiger partial charge on any atom is 0.301 e. The Morgan fingerprint density at radius 3 is 1.71 bits per heavy atom. The minimum absolute atomic E-state index is 0. The van der Waals surface area contributed by atoms with Crippen molar-refractivity contribution in [1.82, 2.24) is 0 Å². The lowest BCUT2D eigenvalue weighted by atomic mass is 10.7. The zero-order chi connectivity index (χ0) is 4.99. The second-order valence-electron chi connectivity index (χ2n) is 0.540. The second kappa shape index (κ2) is 5.28. The van der Waals surface area contributed by atoms with Crippen molar-refractivity contribution in [3.8, 4) is 12.1 Å². The largest absolute Gasteiger partial charge is 0.301 e. The highest BCUT2D eigenvalue weighted by Crippen LogP contribution is 1.85. The molecular weight excluding hydrogens is 112 g/mol. The van der Waals surface area contributed by atoms with Gasteiger partial charge in [0.1, 0.15) is 6.17 Å². The number of hydrogen-bond acceptors (Lipinski definition) is 0. The molecule has 0 saturated carbocycles. The summed E-state index contributed by atoms with van der Waals surface area (Å²) in [6.45, 7) is 0. The van der Waals surface area contributed by atoms with Crippen LogP contribution in [0.5, 0.6) is 0 Å². The summed E-state index contributed by atoms with van der Waals surface area (Å²) in [6, 6.07) is 0. The van der Waals surface area contributed by atoms with E-state index in [4.69, 9.17) is 0 Å². The van der Waals surface area contributed by atoms with Gasteiger partial charge in [0.2, 0.25) is 0 Å². The third-order valence-corrected chi connectivity index (χ3v) is 0.164. The minimum atomic E-state index is -2.84. The molecule has 0 fully saturated rings. The van der Waals surface area contributed by atoms with Gasteiger partial charge in [-0.2, -0.15) is 8.78 Å². The van der Waals surface area contributed by atoms with E-state index in [1.54, 1.807) is 0 Å². The van der Waals surface area contributed by atoms with Crippen LogP contribution in [0.2, 0.25) is 0 Å². The maximum atomic E-state index is 10.6. The van der Waals surface area contributed by atoms with Crippen molar-refractivity contribution in [2.24, 2.45) is 0 Å². The van der Waals surface area contributed by atoms with Crippen LogP contribution < -0.4 is 0 Å². The summed E-state index contributed by atoms with van der Waals surface area (Å²) < 4.78 is 31.6. The van der Waals surface area contributed by atoms with Gasteiger partial charge in [0, 0.05) is 5.92 Å². The van der Waals surface area contributed by atoms with Crippen LogP contribution in [0.3, 0.4) is 0 Å². The van der Waals surface area contributed by atoms with Crippen LogP contribution in [-0.4, -0.2) is 6.43 Å². The van der Waals surface area contributed by atoms with Crippen molar-refractivity contribution < 1.29 is 17.9 Å². The van der Waals surface area contributed by atoms with Gasteiger partial charge in [-0.05, 0) is 0 Å². The van der Waals surface area contributed by atoms with Crippen LogP contribution in [0.25, 0.3) is 0 Å². The quantitative estimate of drug-likeness (QED) is 0.329. The standard InChI is InChI=1S/C3HF3.FH/c4-2-1-3(5)6;/h3H;1H. The average molecular weight is 114 g/mol. The van der Waals surface area contributed by atoms with Crippen molar-refractivity contribution in [2.45, 2.75) is 6.43 Å². The smallest absolute Gasteiger partial charge is 0.269 e. The fourth-order valence-electron chi connectivity index (χ4n) is 0.0412. The molecule has 0 aromatic heterocycles. The van der Waals surface area contributed by atoms with Gasteiger partial charge in [0.05, 0.1) is 0 Å². The van der Waals surface area contributed by atoms with Crippen LogP contribution in [0.4, 0.5) is 17.9 Å². The molecule has 0 bridgehead atoms. The molecular formula is C3H2F4. The van der Waals surface area contributed by atoms with Gasteiger partial charge in [-0.3, -0.25) is 4.70 Å². The highest BCUT2D eigenvalue weighted by molar-refractivity contribution is 4.92. The predicted octanol–water partition coefficient (Wildman–Crippen LogP) is 1.33. The van der Waals surface area contributed by atoms with Gasteiger partial charge in [-0.1, -0.05) is 0 Å². The molecule has 4 heteroatoms. The van der Waals surface area contributed by atoms with E-state index >= 15 is 0 Å². The zero-order valence-electron chi connectivity index (χ0n) is 3.12. The van der Waals surface area contributed by atoms with Gasteiger partial charge in [-0.15, -0.1) is 4.39 Å². The van der Waals surface area contributed by atoms with Crippen LogP contribution in [0, 0.1) is 12.1 Å². The van der Waals surface area contributed by atoms with Crippen LogP contribution in [-0.2, 0) is 0 Å². The first-order valence-corrected chi connectivity index (χ1v) is 1.16. The SMILES string of the molecule is F.FC#CC(F)F. The first-order chi connectivity index (χ1) is 2.77. The van der Waals surface area contributed by atoms with Gasteiger partial charge < -0.3 is 0 Å². The molecule has 42 valence electrons. The molecule has 0 rings (SSSR count). The van der Waals surface area contributed by atoms with E-state index in [0.29, 0.717) is 6.17 Å². The van der Waals surface area contributed by atoms with E-state index in [1.807, 2.05) is 0 Å². The fourth-order valence-corrected chi connectivity index (χ4v) is 0.0412. The Morgan fingerprint density at radius 2 is 1.71 bits per heavy atom. The molecule has 0 heterocycles. The Morgan fingerprint density at radius 1 is 1.29 bits per heavy atom. The third kappa shape index (κ3) is 10.9. The van der Waals surface area contributed by atoms with Crippen molar-refractivity contribution in [2.75, 3.05) is 0 Å². The second-order valence-corrected chi connectivity index (χ2v) is 0.540. The van der Waals surface area contributed by atoms with Crippen LogP contribution >= 0.6 is 0 Å². The van der Waals surface area contributed by atoms with Crippen molar-refractivity contribution in [3.63, 3.8) is 0 Å². The van der Waals surface area contributed by atoms with E-state index < -0.39 is 6.43 Å². The Labute approximate surface area is 37.7 Å². The van der Waals surface area contributed by atoms with E-state index in [2.05, 4.69) is 0 Å². The molecule has 0 atom stereocenters. The van der Waals surface area contributed by atoms with Crippen LogP contribution in [0.15, 0.2) is 0 Å². The summed E-state index contributed by atoms with van der Waals surface area (Å²) in [5.74, 6) is 0.958. The summed E-state index contributed by atoms with van der Waals surface area (Å²) >= 11 is 0. The Bertz CT molecular complexity index is 76.7. The molecule has 0 aromatic carbocycles. The average Bonchev–Trinajstić information content (AvgIpc) is 1.35. The van der Waals surface area contributed by atoms with Gasteiger partial charge in [0.15, 0.2) is 0 Å². The minimum Gasteiger partial charge on any atom is -0.269 e. The molecule has 0 aliphatic rings. The van der Waals surface area contributed by atoms with Crippen LogP contribution in [0.1, 0.15) is 0 Å². The fraction of sp³-hybridized carbons (Fsp3) is 0.333. The summed E-state index contributed by atoms with van der Waals surface area (Å²) in [7, 11) is 0. The molecule has 0 N–H and O–H groups in total. The Kier molecular flexibility index (Phi) is 7.21. The molecule has 0 amide bonds. The lowest BCUT2D eigenvalue weighted by Crippen LogP contribution is -1.77. The molecule has 0 nitrogen and oxygen atoms in total. The molecule has 0 saturated heterocycles. The van der Waals surface area contributed by atoms with E-state index in [-0.39, 0.29) is 4.70 Å². The summed E-state index contributed by atoms with van der Waals surface area (Å²) in [6.07, 6.45) is -2.27. The summed E-state index contributed by atoms with van der Waals surface area (Å²) in [5, 5.41) is 0. The van der Waals surface area contributed by atoms with Gasteiger partial charge >= 0.3 is 6.43 Å². The zero-order valence-corrected chi connectivity index (χ0v) is 3.12. The van der Waals surface area contributed by atoms with Gasteiger partial charge in [0.25, 0.3) is 0 Å². The molecule has 0 aromatic rings. The number of halogens is 4. The highest BCUT2D eigenvalue weighted by Gasteiger charge is 1.88. The molecule has 7 heavy (non-hydrogen) atoms. The van der Waals surface area contributed by atoms with Crippen molar-refractivity contribution >= 4 is 0 Å². The molecule has 0 unspecified atom stereocenters. The summed E-state index contributed by atoms with van der Waals surface area (Å²) in [4.78, 5) is 0. The first-order valence-electron chi connectivity index (χ1n) is 1.16. The molecule has 0 radical (unpaired) electrons. The number of hydrogen-bond donors (Lipinski definition) is 0. The third-order valence-electron chi connectivity index (χ3n) is 0.164. The lowest BCUT2D eigenvalue weighted by molar-refractivity contribution is 0.214.